The Balaban J connectivity index is 1.64. The number of carbonyl (C=O) groups is 1. The molecule has 0 unspecified atom stereocenters. The molecule has 150 valence electrons. The van der Waals surface area contributed by atoms with E-state index < -0.39 is 16.7 Å². The Kier molecular flexibility index (Phi) is 5.27. The molecule has 1 amide bonds. The number of carbonyl (C=O) groups excluding carboxylic acids is 1. The van der Waals surface area contributed by atoms with Crippen LogP contribution < -0.4 is 10.1 Å². The third kappa shape index (κ3) is 4.20. The molecule has 0 saturated heterocycles. The molecule has 0 radical (unpaired) electrons. The average Bonchev–Trinajstić information content (AvgIpc) is 3.37. The van der Waals surface area contributed by atoms with Crippen molar-refractivity contribution in [1.29, 1.82) is 0 Å². The van der Waals surface area contributed by atoms with Crippen LogP contribution in [0, 0.1) is 17.0 Å². The van der Waals surface area contributed by atoms with Crippen LogP contribution in [0.1, 0.15) is 16.1 Å². The topological polar surface area (TPSA) is 108 Å². The van der Waals surface area contributed by atoms with Crippen LogP contribution in [0.2, 0.25) is 0 Å². The first-order valence-electron chi connectivity index (χ1n) is 8.86. The summed E-state index contributed by atoms with van der Waals surface area (Å²) in [7, 11) is 0. The van der Waals surface area contributed by atoms with Gasteiger partial charge in [0.05, 0.1) is 6.07 Å². The smallest absolute Gasteiger partial charge is 0.433 e. The number of furan rings is 1. The van der Waals surface area contributed by atoms with Gasteiger partial charge >= 0.3 is 5.88 Å². The molecule has 0 bridgehead atoms. The number of amides is 1. The first-order chi connectivity index (χ1) is 14.5. The molecule has 1 N–H and O–H groups in total. The molecule has 2 aromatic carbocycles. The van der Waals surface area contributed by atoms with Gasteiger partial charge in [-0.3, -0.25) is 20.2 Å². The molecule has 30 heavy (non-hydrogen) atoms. The lowest BCUT2D eigenvalue weighted by molar-refractivity contribution is -0.402. The molecule has 2 aromatic heterocycles. The normalized spacial score (nSPS) is 10.6. The number of anilines is 1. The van der Waals surface area contributed by atoms with E-state index in [1.54, 1.807) is 0 Å². The Hall–Kier alpha value is -3.98. The number of nitrogens with zero attached hydrogens (tertiary/aromatic N) is 2. The van der Waals surface area contributed by atoms with Crippen molar-refractivity contribution in [2.24, 2.45) is 0 Å². The third-order valence-electron chi connectivity index (χ3n) is 4.09. The Morgan fingerprint density at radius 3 is 2.50 bits per heavy atom. The molecular weight excluding hydrogens is 406 g/mol. The summed E-state index contributed by atoms with van der Waals surface area (Å²) in [5.41, 5.74) is 2.51. The van der Waals surface area contributed by atoms with E-state index in [1.165, 1.54) is 6.07 Å². The predicted octanol–water partition coefficient (Wildman–Crippen LogP) is 5.66. The van der Waals surface area contributed by atoms with Crippen LogP contribution >= 0.6 is 11.3 Å². The number of rotatable bonds is 6. The first-order valence-corrected chi connectivity index (χ1v) is 9.67. The van der Waals surface area contributed by atoms with Gasteiger partial charge in [0.1, 0.15) is 16.4 Å². The minimum Gasteiger partial charge on any atom is -0.444 e. The van der Waals surface area contributed by atoms with E-state index in [2.05, 4.69) is 10.3 Å². The average molecular weight is 421 g/mol. The summed E-state index contributed by atoms with van der Waals surface area (Å²) in [6.45, 7) is 1.99. The maximum atomic E-state index is 12.4. The zero-order valence-electron chi connectivity index (χ0n) is 15.7. The number of benzene rings is 2. The van der Waals surface area contributed by atoms with E-state index in [1.807, 2.05) is 61.5 Å². The van der Waals surface area contributed by atoms with Gasteiger partial charge in [0.15, 0.2) is 10.9 Å². The number of nitro groups is 1. The Morgan fingerprint density at radius 2 is 1.83 bits per heavy atom. The Bertz CT molecular complexity index is 1200. The SMILES string of the molecule is Cc1ccc(-c2nc(NC(=O)c3ccc([N+](=O)[O-])o3)sc2Oc2ccccc2)cc1. The minimum absolute atomic E-state index is 0.181. The van der Waals surface area contributed by atoms with E-state index >= 15 is 0 Å². The van der Waals surface area contributed by atoms with Gasteiger partial charge in [-0.15, -0.1) is 0 Å². The maximum Gasteiger partial charge on any atom is 0.433 e. The fourth-order valence-electron chi connectivity index (χ4n) is 2.62. The molecule has 0 atom stereocenters. The van der Waals surface area contributed by atoms with E-state index in [9.17, 15) is 14.9 Å². The highest BCUT2D eigenvalue weighted by molar-refractivity contribution is 7.18. The van der Waals surface area contributed by atoms with Crippen molar-refractivity contribution in [2.45, 2.75) is 6.92 Å². The van der Waals surface area contributed by atoms with Crippen LogP contribution in [-0.2, 0) is 0 Å². The summed E-state index contributed by atoms with van der Waals surface area (Å²) in [5, 5.41) is 14.1. The van der Waals surface area contributed by atoms with Crippen LogP contribution in [0.15, 0.2) is 71.1 Å². The lowest BCUT2D eigenvalue weighted by Gasteiger charge is -2.05. The second-order valence-corrected chi connectivity index (χ2v) is 7.25. The third-order valence-corrected chi connectivity index (χ3v) is 4.94. The van der Waals surface area contributed by atoms with Crippen molar-refractivity contribution in [3.05, 3.63) is 88.2 Å². The molecule has 4 aromatic rings. The standard InChI is InChI=1S/C21H15N3O5S/c1-13-7-9-14(10-8-13)18-20(28-15-5-3-2-4-6-15)30-21(22-18)23-19(25)16-11-12-17(29-16)24(26)27/h2-12H,1H3,(H,22,23,25). The van der Waals surface area contributed by atoms with Gasteiger partial charge in [0, 0.05) is 5.56 Å². The molecule has 9 heteroatoms. The molecule has 4 rings (SSSR count). The molecule has 8 nitrogen and oxygen atoms in total. The van der Waals surface area contributed by atoms with Crippen molar-refractivity contribution in [1.82, 2.24) is 4.98 Å². The van der Waals surface area contributed by atoms with Crippen LogP contribution in [-0.4, -0.2) is 15.8 Å². The lowest BCUT2D eigenvalue weighted by Crippen LogP contribution is -2.10. The summed E-state index contributed by atoms with van der Waals surface area (Å²) < 4.78 is 10.9. The van der Waals surface area contributed by atoms with Crippen molar-refractivity contribution >= 4 is 28.3 Å². The van der Waals surface area contributed by atoms with Crippen LogP contribution in [0.5, 0.6) is 10.8 Å². The number of hydrogen-bond donors (Lipinski definition) is 1. The number of aromatic nitrogens is 1. The zero-order chi connectivity index (χ0) is 21.1. The summed E-state index contributed by atoms with van der Waals surface area (Å²) >= 11 is 1.15. The van der Waals surface area contributed by atoms with Crippen LogP contribution in [0.3, 0.4) is 0 Å². The van der Waals surface area contributed by atoms with E-state index in [0.717, 1.165) is 28.5 Å². The van der Waals surface area contributed by atoms with Crippen LogP contribution in [0.4, 0.5) is 11.0 Å². The summed E-state index contributed by atoms with van der Waals surface area (Å²) in [5.74, 6) is -0.695. The molecule has 0 spiro atoms. The van der Waals surface area contributed by atoms with Gasteiger partial charge in [0.25, 0.3) is 5.91 Å². The fraction of sp³-hybridized carbons (Fsp3) is 0.0476. The molecule has 2 heterocycles. The summed E-state index contributed by atoms with van der Waals surface area (Å²) in [6.07, 6.45) is 0. The van der Waals surface area contributed by atoms with E-state index in [4.69, 9.17) is 9.15 Å². The van der Waals surface area contributed by atoms with Crippen molar-refractivity contribution < 1.29 is 18.9 Å². The predicted molar refractivity (Wildman–Crippen MR) is 112 cm³/mol. The highest BCUT2D eigenvalue weighted by atomic mass is 32.1. The summed E-state index contributed by atoms with van der Waals surface area (Å²) in [6, 6.07) is 19.4. The van der Waals surface area contributed by atoms with Gasteiger partial charge in [0.2, 0.25) is 5.06 Å². The number of aryl methyl sites for hydroxylation is 1. The van der Waals surface area contributed by atoms with Crippen molar-refractivity contribution in [2.75, 3.05) is 5.32 Å². The Labute approximate surface area is 174 Å². The van der Waals surface area contributed by atoms with Gasteiger partial charge in [-0.25, -0.2) is 4.98 Å². The summed E-state index contributed by atoms with van der Waals surface area (Å²) in [4.78, 5) is 27.0. The van der Waals surface area contributed by atoms with Gasteiger partial charge < -0.3 is 9.15 Å². The highest BCUT2D eigenvalue weighted by Gasteiger charge is 2.21. The van der Waals surface area contributed by atoms with Gasteiger partial charge in [-0.1, -0.05) is 59.4 Å². The van der Waals surface area contributed by atoms with Gasteiger partial charge in [-0.2, -0.15) is 0 Å². The maximum absolute atomic E-state index is 12.4. The monoisotopic (exact) mass is 421 g/mol. The van der Waals surface area contributed by atoms with Crippen LogP contribution in [0.25, 0.3) is 11.3 Å². The molecule has 0 saturated carbocycles. The fourth-order valence-corrected chi connectivity index (χ4v) is 3.48. The van der Waals surface area contributed by atoms with Gasteiger partial charge in [-0.05, 0) is 25.1 Å². The highest BCUT2D eigenvalue weighted by Crippen LogP contribution is 2.40. The van der Waals surface area contributed by atoms with E-state index in [-0.39, 0.29) is 10.9 Å². The number of thiazole rings is 1. The Morgan fingerprint density at radius 1 is 1.10 bits per heavy atom. The van der Waals surface area contributed by atoms with E-state index in [0.29, 0.717) is 16.5 Å². The van der Waals surface area contributed by atoms with Crippen molar-refractivity contribution in [3.8, 4) is 22.1 Å². The molecule has 0 aliphatic heterocycles. The molecule has 0 fully saturated rings. The zero-order valence-corrected chi connectivity index (χ0v) is 16.5. The number of ether oxygens (including phenoxy) is 1. The number of para-hydroxylation sites is 1. The first kappa shape index (κ1) is 19.3. The largest absolute Gasteiger partial charge is 0.444 e. The quantitative estimate of drug-likeness (QED) is 0.318. The molecular formula is C21H15N3O5S. The second-order valence-electron chi connectivity index (χ2n) is 6.29. The number of hydrogen-bond acceptors (Lipinski definition) is 7. The molecule has 0 aliphatic rings. The minimum atomic E-state index is -0.707. The lowest BCUT2D eigenvalue weighted by atomic mass is 10.1. The second kappa shape index (κ2) is 8.18. The molecule has 0 aliphatic carbocycles. The number of nitrogens with one attached hydrogen (secondary N) is 1. The van der Waals surface area contributed by atoms with Crippen molar-refractivity contribution in [3.63, 3.8) is 0 Å².